The van der Waals surface area contributed by atoms with Crippen LogP contribution in [0.25, 0.3) is 0 Å². The van der Waals surface area contributed by atoms with Gasteiger partial charge >= 0.3 is 6.98 Å². The van der Waals surface area contributed by atoms with Crippen molar-refractivity contribution in [3.05, 3.63) is 29.8 Å². The Labute approximate surface area is 77.6 Å². The van der Waals surface area contributed by atoms with Gasteiger partial charge in [-0.05, 0) is 11.6 Å². The Hall–Kier alpha value is -0.965. The van der Waals surface area contributed by atoms with Crippen LogP contribution in [0.4, 0.5) is 12.9 Å². The standard InChI is InChI=1S/C7H4BClF3O/c9-7(13)5-1-3-6(4-2-5)8(10,11)12/h1-4H/q-1. The van der Waals surface area contributed by atoms with E-state index in [0.29, 0.717) is 0 Å². The van der Waals surface area contributed by atoms with Crippen molar-refractivity contribution < 1.29 is 17.7 Å². The molecule has 13 heavy (non-hydrogen) atoms. The van der Waals surface area contributed by atoms with Gasteiger partial charge in [0.2, 0.25) is 0 Å². The van der Waals surface area contributed by atoms with Crippen molar-refractivity contribution in [2.45, 2.75) is 0 Å². The van der Waals surface area contributed by atoms with E-state index < -0.39 is 17.7 Å². The second-order valence-electron chi connectivity index (χ2n) is 2.47. The monoisotopic (exact) mass is 207 g/mol. The quantitative estimate of drug-likeness (QED) is 0.536. The lowest BCUT2D eigenvalue weighted by atomic mass is 9.80. The van der Waals surface area contributed by atoms with Gasteiger partial charge in [-0.15, -0.1) is 5.46 Å². The summed E-state index contributed by atoms with van der Waals surface area (Å²) in [6.45, 7) is -5.00. The van der Waals surface area contributed by atoms with Crippen molar-refractivity contribution >= 4 is 29.3 Å². The molecule has 0 spiro atoms. The molecule has 0 atom stereocenters. The maximum absolute atomic E-state index is 12.1. The van der Waals surface area contributed by atoms with E-state index in [9.17, 15) is 17.7 Å². The first-order valence-corrected chi connectivity index (χ1v) is 3.79. The van der Waals surface area contributed by atoms with Crippen LogP contribution in [0.15, 0.2) is 24.3 Å². The number of halogens is 4. The first-order chi connectivity index (χ1) is 5.91. The van der Waals surface area contributed by atoms with Crippen LogP contribution in [0.1, 0.15) is 10.4 Å². The van der Waals surface area contributed by atoms with Crippen LogP contribution in [0, 0.1) is 0 Å². The predicted octanol–water partition coefficient (Wildman–Crippen LogP) is 2.12. The second-order valence-corrected chi connectivity index (χ2v) is 2.81. The molecular weight excluding hydrogens is 203 g/mol. The minimum atomic E-state index is -5.00. The number of carbonyl (C=O) groups is 1. The lowest BCUT2D eigenvalue weighted by molar-refractivity contribution is 0.108. The molecule has 0 aromatic heterocycles. The van der Waals surface area contributed by atoms with Gasteiger partial charge in [0, 0.05) is 5.56 Å². The number of hydrogen-bond donors (Lipinski definition) is 0. The van der Waals surface area contributed by atoms with Gasteiger partial charge in [0.15, 0.2) is 0 Å². The topological polar surface area (TPSA) is 17.1 Å². The Balaban J connectivity index is 3.01. The van der Waals surface area contributed by atoms with Crippen molar-refractivity contribution in [2.24, 2.45) is 0 Å². The van der Waals surface area contributed by atoms with Gasteiger partial charge in [0.05, 0.1) is 0 Å². The Morgan fingerprint density at radius 2 is 1.62 bits per heavy atom. The van der Waals surface area contributed by atoms with Gasteiger partial charge in [0.25, 0.3) is 5.24 Å². The van der Waals surface area contributed by atoms with Crippen molar-refractivity contribution in [1.82, 2.24) is 0 Å². The van der Waals surface area contributed by atoms with Crippen LogP contribution < -0.4 is 5.46 Å². The zero-order valence-corrected chi connectivity index (χ0v) is 7.06. The first kappa shape index (κ1) is 10.1. The Morgan fingerprint density at radius 1 is 1.15 bits per heavy atom. The van der Waals surface area contributed by atoms with E-state index in [-0.39, 0.29) is 5.56 Å². The minimum Gasteiger partial charge on any atom is -0.445 e. The van der Waals surface area contributed by atoms with E-state index in [1.54, 1.807) is 0 Å². The molecule has 0 aliphatic rings. The van der Waals surface area contributed by atoms with Gasteiger partial charge in [-0.1, -0.05) is 24.3 Å². The third-order valence-corrected chi connectivity index (χ3v) is 1.73. The summed E-state index contributed by atoms with van der Waals surface area (Å²) in [5, 5.41) is -0.763. The zero-order valence-electron chi connectivity index (χ0n) is 6.31. The summed E-state index contributed by atoms with van der Waals surface area (Å²) in [6.07, 6.45) is 0. The van der Waals surface area contributed by atoms with Crippen molar-refractivity contribution in [2.75, 3.05) is 0 Å². The molecular formula is C7H4BClF3O-. The summed E-state index contributed by atoms with van der Waals surface area (Å²) < 4.78 is 36.2. The largest absolute Gasteiger partial charge is 0.509 e. The summed E-state index contributed by atoms with van der Waals surface area (Å²) in [6, 6.07) is 3.80. The van der Waals surface area contributed by atoms with E-state index >= 15 is 0 Å². The Kier molecular flexibility index (Phi) is 2.66. The summed E-state index contributed by atoms with van der Waals surface area (Å²) >= 11 is 5.05. The van der Waals surface area contributed by atoms with E-state index in [1.165, 1.54) is 0 Å². The number of carbonyl (C=O) groups excluding carboxylic acids is 1. The van der Waals surface area contributed by atoms with Gasteiger partial charge in [-0.25, -0.2) is 0 Å². The normalized spacial score (nSPS) is 11.4. The van der Waals surface area contributed by atoms with E-state index in [2.05, 4.69) is 0 Å². The molecule has 70 valence electrons. The van der Waals surface area contributed by atoms with Crippen LogP contribution >= 0.6 is 11.6 Å². The fourth-order valence-corrected chi connectivity index (χ4v) is 0.958. The van der Waals surface area contributed by atoms with Crippen molar-refractivity contribution in [3.8, 4) is 0 Å². The molecule has 6 heteroatoms. The maximum Gasteiger partial charge on any atom is 0.509 e. The minimum absolute atomic E-state index is 0.0606. The first-order valence-electron chi connectivity index (χ1n) is 3.41. The third kappa shape index (κ3) is 2.49. The summed E-state index contributed by atoms with van der Waals surface area (Å²) in [5.74, 6) is 0. The highest BCUT2D eigenvalue weighted by atomic mass is 35.5. The molecule has 1 aromatic rings. The highest BCUT2D eigenvalue weighted by Gasteiger charge is 2.25. The van der Waals surface area contributed by atoms with Gasteiger partial charge in [-0.2, -0.15) is 0 Å². The van der Waals surface area contributed by atoms with Crippen LogP contribution in [-0.2, 0) is 0 Å². The predicted molar refractivity (Wildman–Crippen MR) is 45.3 cm³/mol. The SMILES string of the molecule is O=C(Cl)c1ccc([B-](F)(F)F)cc1. The molecule has 1 rings (SSSR count). The molecule has 0 bridgehead atoms. The maximum atomic E-state index is 12.1. The second kappa shape index (κ2) is 3.42. The van der Waals surface area contributed by atoms with Gasteiger partial charge in [-0.3, -0.25) is 4.79 Å². The number of hydrogen-bond acceptors (Lipinski definition) is 1. The third-order valence-electron chi connectivity index (χ3n) is 1.52. The molecule has 0 unspecified atom stereocenters. The molecule has 0 aliphatic carbocycles. The van der Waals surface area contributed by atoms with Crippen LogP contribution in [0.5, 0.6) is 0 Å². The molecule has 1 nitrogen and oxygen atoms in total. The average Bonchev–Trinajstić information content (AvgIpc) is 2.03. The molecule has 1 aromatic carbocycles. The van der Waals surface area contributed by atoms with E-state index in [1.807, 2.05) is 0 Å². The van der Waals surface area contributed by atoms with E-state index in [0.717, 1.165) is 24.3 Å². The van der Waals surface area contributed by atoms with Crippen LogP contribution in [0.2, 0.25) is 0 Å². The summed E-state index contributed by atoms with van der Waals surface area (Å²) in [7, 11) is 0. The Bertz CT molecular complexity index is 320. The number of benzene rings is 1. The highest BCUT2D eigenvalue weighted by molar-refractivity contribution is 6.73. The molecule has 0 aliphatic heterocycles. The fraction of sp³-hybridized carbons (Fsp3) is 0. The van der Waals surface area contributed by atoms with Gasteiger partial charge in [0.1, 0.15) is 0 Å². The van der Waals surface area contributed by atoms with Crippen LogP contribution in [-0.4, -0.2) is 12.2 Å². The molecule has 0 saturated carbocycles. The lowest BCUT2D eigenvalue weighted by Crippen LogP contribution is -2.33. The molecule has 0 N–H and O–H groups in total. The van der Waals surface area contributed by atoms with Crippen molar-refractivity contribution in [3.63, 3.8) is 0 Å². The van der Waals surface area contributed by atoms with Crippen LogP contribution in [0.3, 0.4) is 0 Å². The average molecular weight is 207 g/mol. The van der Waals surface area contributed by atoms with E-state index in [4.69, 9.17) is 11.6 Å². The smallest absolute Gasteiger partial charge is 0.445 e. The van der Waals surface area contributed by atoms with Gasteiger partial charge < -0.3 is 12.9 Å². The molecule has 0 saturated heterocycles. The Morgan fingerprint density at radius 3 is 1.92 bits per heavy atom. The lowest BCUT2D eigenvalue weighted by Gasteiger charge is -2.14. The molecule has 0 heterocycles. The highest BCUT2D eigenvalue weighted by Crippen LogP contribution is 2.10. The zero-order chi connectivity index (χ0) is 10.1. The molecule has 0 amide bonds. The molecule has 0 radical (unpaired) electrons. The fourth-order valence-electron chi connectivity index (χ4n) is 0.832. The van der Waals surface area contributed by atoms with Crippen molar-refractivity contribution in [1.29, 1.82) is 0 Å². The number of rotatable bonds is 2. The summed E-state index contributed by atoms with van der Waals surface area (Å²) in [5.41, 5.74) is -0.674. The molecule has 0 fully saturated rings. The summed E-state index contributed by atoms with van der Waals surface area (Å²) in [4.78, 5) is 10.5.